The lowest BCUT2D eigenvalue weighted by Gasteiger charge is -2.36. The molecule has 0 saturated heterocycles. The number of furan rings is 1. The number of carbonyl (C=O) groups is 1. The van der Waals surface area contributed by atoms with Gasteiger partial charge in [0.05, 0.1) is 11.1 Å². The fourth-order valence-corrected chi connectivity index (χ4v) is 6.26. The first kappa shape index (κ1) is 23.0. The third-order valence-electron chi connectivity index (χ3n) is 7.45. The van der Waals surface area contributed by atoms with Crippen molar-refractivity contribution in [1.82, 2.24) is 5.32 Å². The van der Waals surface area contributed by atoms with Crippen molar-refractivity contribution in [3.05, 3.63) is 63.7 Å². The van der Waals surface area contributed by atoms with Crippen molar-refractivity contribution in [3.8, 4) is 11.3 Å². The monoisotopic (exact) mass is 488 g/mol. The molecule has 8 heteroatoms. The highest BCUT2D eigenvalue weighted by atomic mass is 32.1. The topological polar surface area (TPSA) is 54.3 Å². The van der Waals surface area contributed by atoms with Crippen molar-refractivity contribution in [2.24, 2.45) is 11.3 Å². The molecule has 0 fully saturated rings. The Morgan fingerprint density at radius 1 is 1.15 bits per heavy atom. The van der Waals surface area contributed by atoms with Crippen LogP contribution in [0.3, 0.4) is 0 Å². The summed E-state index contributed by atoms with van der Waals surface area (Å²) < 4.78 is 45.1. The van der Waals surface area contributed by atoms with Crippen LogP contribution in [0.1, 0.15) is 71.9 Å². The van der Waals surface area contributed by atoms with Crippen LogP contribution in [-0.4, -0.2) is 5.91 Å². The van der Waals surface area contributed by atoms with E-state index < -0.39 is 17.9 Å². The minimum absolute atomic E-state index is 0.138. The minimum Gasteiger partial charge on any atom is -0.457 e. The molecule has 1 aliphatic carbocycles. The highest BCUT2D eigenvalue weighted by molar-refractivity contribution is 7.16. The molecule has 0 unspecified atom stereocenters. The van der Waals surface area contributed by atoms with Crippen LogP contribution >= 0.6 is 11.3 Å². The van der Waals surface area contributed by atoms with Gasteiger partial charge in [-0.25, -0.2) is 0 Å². The van der Waals surface area contributed by atoms with Gasteiger partial charge in [0, 0.05) is 10.4 Å². The molecule has 3 aromatic rings. The SMILES string of the molecule is CCC(C)(C)[C@@H]1CCc2c(sc3c2C(=O)N[C@H](c2ccc(-c4cccc(C(F)(F)F)c4)o2)N3)C1. The minimum atomic E-state index is -4.43. The van der Waals surface area contributed by atoms with Crippen molar-refractivity contribution in [3.63, 3.8) is 0 Å². The van der Waals surface area contributed by atoms with E-state index in [0.717, 1.165) is 53.9 Å². The molecule has 0 spiro atoms. The van der Waals surface area contributed by atoms with Crippen LogP contribution in [0.25, 0.3) is 11.3 Å². The summed E-state index contributed by atoms with van der Waals surface area (Å²) in [7, 11) is 0. The Labute approximate surface area is 200 Å². The van der Waals surface area contributed by atoms with Crippen LogP contribution in [0.15, 0.2) is 40.8 Å². The van der Waals surface area contributed by atoms with Gasteiger partial charge in [-0.3, -0.25) is 4.79 Å². The maximum Gasteiger partial charge on any atom is 0.416 e. The fourth-order valence-electron chi connectivity index (χ4n) is 4.91. The van der Waals surface area contributed by atoms with Gasteiger partial charge < -0.3 is 15.1 Å². The zero-order valence-corrected chi connectivity index (χ0v) is 20.1. The second kappa shape index (κ2) is 8.18. The molecule has 180 valence electrons. The molecular formula is C26H27F3N2O2S. The summed E-state index contributed by atoms with van der Waals surface area (Å²) in [6.07, 6.45) is -0.937. The Hall–Kier alpha value is -2.74. The van der Waals surface area contributed by atoms with E-state index in [-0.39, 0.29) is 11.3 Å². The molecular weight excluding hydrogens is 461 g/mol. The summed E-state index contributed by atoms with van der Waals surface area (Å²) in [5.74, 6) is 1.21. The normalized spacial score (nSPS) is 20.4. The van der Waals surface area contributed by atoms with E-state index in [1.807, 2.05) is 0 Å². The van der Waals surface area contributed by atoms with Crippen LogP contribution in [0.2, 0.25) is 0 Å². The smallest absolute Gasteiger partial charge is 0.416 e. The molecule has 3 heterocycles. The first-order valence-corrected chi connectivity index (χ1v) is 12.4. The first-order chi connectivity index (χ1) is 16.1. The summed E-state index contributed by atoms with van der Waals surface area (Å²) >= 11 is 1.64. The largest absolute Gasteiger partial charge is 0.457 e. The maximum atomic E-state index is 13.1. The van der Waals surface area contributed by atoms with Crippen LogP contribution in [0, 0.1) is 11.3 Å². The molecule has 34 heavy (non-hydrogen) atoms. The molecule has 0 bridgehead atoms. The Morgan fingerprint density at radius 2 is 1.94 bits per heavy atom. The predicted molar refractivity (Wildman–Crippen MR) is 127 cm³/mol. The predicted octanol–water partition coefficient (Wildman–Crippen LogP) is 7.42. The van der Waals surface area contributed by atoms with E-state index in [2.05, 4.69) is 31.4 Å². The molecule has 1 amide bonds. The highest BCUT2D eigenvalue weighted by Gasteiger charge is 2.38. The summed E-state index contributed by atoms with van der Waals surface area (Å²) in [4.78, 5) is 14.3. The maximum absolute atomic E-state index is 13.1. The molecule has 2 aliphatic rings. The number of benzene rings is 1. The van der Waals surface area contributed by atoms with Crippen molar-refractivity contribution in [2.75, 3.05) is 5.32 Å². The van der Waals surface area contributed by atoms with E-state index in [0.29, 0.717) is 23.0 Å². The molecule has 1 aromatic carbocycles. The zero-order chi connectivity index (χ0) is 24.3. The number of anilines is 1. The van der Waals surface area contributed by atoms with Crippen LogP contribution < -0.4 is 10.6 Å². The second-order valence-corrected chi connectivity index (χ2v) is 10.9. The molecule has 0 saturated carbocycles. The van der Waals surface area contributed by atoms with Crippen molar-refractivity contribution < 1.29 is 22.4 Å². The molecule has 5 rings (SSSR count). The molecule has 0 radical (unpaired) electrons. The number of hydrogen-bond acceptors (Lipinski definition) is 4. The highest BCUT2D eigenvalue weighted by Crippen LogP contribution is 2.47. The third kappa shape index (κ3) is 4.02. The van der Waals surface area contributed by atoms with Gasteiger partial charge in [-0.05, 0) is 60.4 Å². The standard InChI is InChI=1S/C26H27F3N2O2S/c1-4-25(2,3)15-8-9-17-20(13-15)34-24-21(17)23(32)30-22(31-24)19-11-10-18(33-19)14-6-5-7-16(12-14)26(27,28)29/h5-7,10-12,15,22,31H,4,8-9,13H2,1-3H3,(H,30,32)/t15-,22+/m1/s1. The number of hydrogen-bond donors (Lipinski definition) is 2. The van der Waals surface area contributed by atoms with Crippen molar-refractivity contribution >= 4 is 22.2 Å². The Bertz CT molecular complexity index is 1240. The summed E-state index contributed by atoms with van der Waals surface area (Å²) in [6.45, 7) is 6.86. The van der Waals surface area contributed by atoms with Gasteiger partial charge >= 0.3 is 6.18 Å². The quantitative estimate of drug-likeness (QED) is 0.402. The Balaban J connectivity index is 1.39. The van der Waals surface area contributed by atoms with E-state index >= 15 is 0 Å². The Kier molecular flexibility index (Phi) is 5.54. The summed E-state index contributed by atoms with van der Waals surface area (Å²) in [6, 6.07) is 8.34. The van der Waals surface area contributed by atoms with Gasteiger partial charge in [0.2, 0.25) is 0 Å². The Morgan fingerprint density at radius 3 is 2.68 bits per heavy atom. The number of fused-ring (bicyclic) bond motifs is 3. The molecule has 2 aromatic heterocycles. The van der Waals surface area contributed by atoms with E-state index in [9.17, 15) is 18.0 Å². The first-order valence-electron chi connectivity index (χ1n) is 11.6. The molecule has 1 aliphatic heterocycles. The lowest BCUT2D eigenvalue weighted by molar-refractivity contribution is -0.137. The van der Waals surface area contributed by atoms with Crippen LogP contribution in [0.5, 0.6) is 0 Å². The van der Waals surface area contributed by atoms with Crippen LogP contribution in [0.4, 0.5) is 18.2 Å². The zero-order valence-electron chi connectivity index (χ0n) is 19.3. The molecule has 2 atom stereocenters. The number of thiophene rings is 1. The number of rotatable bonds is 4. The summed E-state index contributed by atoms with van der Waals surface area (Å²) in [5.41, 5.74) is 1.74. The summed E-state index contributed by atoms with van der Waals surface area (Å²) in [5, 5.41) is 7.18. The van der Waals surface area contributed by atoms with E-state index in [1.165, 1.54) is 10.9 Å². The molecule has 4 nitrogen and oxygen atoms in total. The number of halogens is 3. The third-order valence-corrected chi connectivity index (χ3v) is 8.63. The number of alkyl halides is 3. The number of nitrogens with one attached hydrogen (secondary N) is 2. The van der Waals surface area contributed by atoms with E-state index in [4.69, 9.17) is 4.42 Å². The second-order valence-electron chi connectivity index (χ2n) is 9.82. The van der Waals surface area contributed by atoms with Gasteiger partial charge in [0.25, 0.3) is 5.91 Å². The van der Waals surface area contributed by atoms with E-state index in [1.54, 1.807) is 29.5 Å². The lowest BCUT2D eigenvalue weighted by Crippen LogP contribution is -2.38. The number of carbonyl (C=O) groups excluding carboxylic acids is 1. The van der Waals surface area contributed by atoms with Crippen molar-refractivity contribution in [2.45, 2.75) is 58.8 Å². The number of amides is 1. The van der Waals surface area contributed by atoms with Gasteiger partial charge in [0.15, 0.2) is 6.17 Å². The van der Waals surface area contributed by atoms with Crippen LogP contribution in [-0.2, 0) is 19.0 Å². The van der Waals surface area contributed by atoms with Gasteiger partial charge in [0.1, 0.15) is 16.5 Å². The average Bonchev–Trinajstić information content (AvgIpc) is 3.43. The molecule has 2 N–H and O–H groups in total. The fraction of sp³-hybridized carbons (Fsp3) is 0.423. The van der Waals surface area contributed by atoms with Gasteiger partial charge in [-0.15, -0.1) is 11.3 Å². The lowest BCUT2D eigenvalue weighted by atomic mass is 9.69. The van der Waals surface area contributed by atoms with Gasteiger partial charge in [-0.2, -0.15) is 13.2 Å². The van der Waals surface area contributed by atoms with Crippen molar-refractivity contribution in [1.29, 1.82) is 0 Å². The average molecular weight is 489 g/mol. The van der Waals surface area contributed by atoms with Gasteiger partial charge in [-0.1, -0.05) is 39.3 Å².